The number of Topliss-reactive ketones (excluding diaryl/α,β-unsaturated/α-hetero) is 1. The molecule has 70 valence electrons. The fourth-order valence-electron chi connectivity index (χ4n) is 1.90. The van der Waals surface area contributed by atoms with Crippen molar-refractivity contribution >= 4 is 5.78 Å². The van der Waals surface area contributed by atoms with Gasteiger partial charge in [-0.2, -0.15) is 0 Å². The van der Waals surface area contributed by atoms with Crippen LogP contribution in [0.5, 0.6) is 0 Å². The molecule has 1 heteroatoms. The molecule has 0 aromatic carbocycles. The van der Waals surface area contributed by atoms with Crippen molar-refractivity contribution in [2.75, 3.05) is 0 Å². The van der Waals surface area contributed by atoms with E-state index in [0.29, 0.717) is 23.0 Å². The summed E-state index contributed by atoms with van der Waals surface area (Å²) in [5.74, 6) is 1.41. The van der Waals surface area contributed by atoms with E-state index in [1.54, 1.807) is 0 Å². The summed E-state index contributed by atoms with van der Waals surface area (Å²) in [6, 6.07) is 0. The van der Waals surface area contributed by atoms with Crippen LogP contribution >= 0.6 is 0 Å². The lowest BCUT2D eigenvalue weighted by molar-refractivity contribution is -0.126. The van der Waals surface area contributed by atoms with Crippen molar-refractivity contribution < 1.29 is 4.79 Å². The third kappa shape index (κ3) is 2.09. The van der Waals surface area contributed by atoms with E-state index < -0.39 is 0 Å². The molecule has 0 spiro atoms. The molecule has 0 N–H and O–H groups in total. The first kappa shape index (κ1) is 9.76. The number of hydrogen-bond donors (Lipinski definition) is 0. The molecular formula is C11H20O. The van der Waals surface area contributed by atoms with E-state index in [0.717, 1.165) is 12.8 Å². The Morgan fingerprint density at radius 3 is 2.25 bits per heavy atom. The van der Waals surface area contributed by atoms with E-state index in [9.17, 15) is 4.79 Å². The fraction of sp³-hybridized carbons (Fsp3) is 0.909. The Labute approximate surface area is 75.5 Å². The van der Waals surface area contributed by atoms with Crippen LogP contribution in [0.3, 0.4) is 0 Å². The molecule has 0 amide bonds. The van der Waals surface area contributed by atoms with Gasteiger partial charge < -0.3 is 0 Å². The smallest absolute Gasteiger partial charge is 0.135 e. The minimum absolute atomic E-state index is 0.315. The molecule has 1 aliphatic rings. The first-order valence-corrected chi connectivity index (χ1v) is 4.94. The summed E-state index contributed by atoms with van der Waals surface area (Å²) in [5, 5.41) is 0. The maximum Gasteiger partial charge on any atom is 0.135 e. The van der Waals surface area contributed by atoms with E-state index in [1.807, 2.05) is 0 Å². The topological polar surface area (TPSA) is 17.1 Å². The lowest BCUT2D eigenvalue weighted by Gasteiger charge is -2.35. The summed E-state index contributed by atoms with van der Waals surface area (Å²) >= 11 is 0. The van der Waals surface area contributed by atoms with Gasteiger partial charge in [-0.3, -0.25) is 4.79 Å². The van der Waals surface area contributed by atoms with E-state index in [1.165, 1.54) is 6.42 Å². The van der Waals surface area contributed by atoms with Gasteiger partial charge in [0.2, 0.25) is 0 Å². The van der Waals surface area contributed by atoms with E-state index in [2.05, 4.69) is 27.7 Å². The van der Waals surface area contributed by atoms with Gasteiger partial charge in [0.15, 0.2) is 0 Å². The van der Waals surface area contributed by atoms with Crippen molar-refractivity contribution in [3.63, 3.8) is 0 Å². The molecule has 0 radical (unpaired) electrons. The van der Waals surface area contributed by atoms with Crippen LogP contribution in [0.4, 0.5) is 0 Å². The Balaban J connectivity index is 2.57. The van der Waals surface area contributed by atoms with Gasteiger partial charge in [0.1, 0.15) is 5.78 Å². The van der Waals surface area contributed by atoms with Crippen molar-refractivity contribution in [1.29, 1.82) is 0 Å². The van der Waals surface area contributed by atoms with Crippen LogP contribution in [0.15, 0.2) is 0 Å². The molecule has 0 aromatic rings. The molecule has 1 fully saturated rings. The normalized spacial score (nSPS) is 32.2. The monoisotopic (exact) mass is 168 g/mol. The quantitative estimate of drug-likeness (QED) is 0.543. The zero-order valence-electron chi connectivity index (χ0n) is 8.68. The molecule has 0 bridgehead atoms. The highest BCUT2D eigenvalue weighted by atomic mass is 16.1. The molecule has 0 saturated heterocycles. The predicted octanol–water partition coefficient (Wildman–Crippen LogP) is 3.04. The molecule has 1 nitrogen and oxygen atoms in total. The fourth-order valence-corrected chi connectivity index (χ4v) is 1.90. The van der Waals surface area contributed by atoms with Crippen LogP contribution in [0.2, 0.25) is 0 Å². The Morgan fingerprint density at radius 1 is 1.25 bits per heavy atom. The summed E-state index contributed by atoms with van der Waals surface area (Å²) < 4.78 is 0. The highest BCUT2D eigenvalue weighted by molar-refractivity contribution is 5.81. The van der Waals surface area contributed by atoms with Crippen molar-refractivity contribution in [2.24, 2.45) is 17.3 Å². The molecule has 12 heavy (non-hydrogen) atoms. The number of carbonyl (C=O) groups is 1. The van der Waals surface area contributed by atoms with Crippen molar-refractivity contribution in [3.8, 4) is 0 Å². The SMILES string of the molecule is C[C@H]1CC[C@H](C(C)(C)C)CC1=O. The Kier molecular flexibility index (Phi) is 2.60. The molecule has 1 saturated carbocycles. The molecule has 1 rings (SSSR count). The van der Waals surface area contributed by atoms with Gasteiger partial charge >= 0.3 is 0 Å². The first-order valence-electron chi connectivity index (χ1n) is 4.94. The van der Waals surface area contributed by atoms with Crippen LogP contribution in [-0.4, -0.2) is 5.78 Å². The standard InChI is InChI=1S/C11H20O/c1-8-5-6-9(7-10(8)12)11(2,3)4/h8-9H,5-7H2,1-4H3/t8-,9-/m0/s1. The minimum atomic E-state index is 0.315. The average Bonchev–Trinajstić information content (AvgIpc) is 1.92. The van der Waals surface area contributed by atoms with Crippen molar-refractivity contribution in [2.45, 2.75) is 47.0 Å². The van der Waals surface area contributed by atoms with E-state index in [4.69, 9.17) is 0 Å². The summed E-state index contributed by atoms with van der Waals surface area (Å²) in [6.07, 6.45) is 3.14. The summed E-state index contributed by atoms with van der Waals surface area (Å²) in [4.78, 5) is 11.5. The molecule has 0 heterocycles. The zero-order chi connectivity index (χ0) is 9.35. The van der Waals surface area contributed by atoms with E-state index in [-0.39, 0.29) is 0 Å². The summed E-state index contributed by atoms with van der Waals surface area (Å²) in [5.41, 5.74) is 0.315. The second-order valence-corrected chi connectivity index (χ2v) is 5.21. The van der Waals surface area contributed by atoms with Gasteiger partial charge in [-0.05, 0) is 24.2 Å². The molecule has 1 aliphatic carbocycles. The van der Waals surface area contributed by atoms with Gasteiger partial charge in [-0.15, -0.1) is 0 Å². The summed E-state index contributed by atoms with van der Waals surface area (Å²) in [6.45, 7) is 8.77. The van der Waals surface area contributed by atoms with Gasteiger partial charge in [0.25, 0.3) is 0 Å². The first-order chi connectivity index (χ1) is 5.41. The van der Waals surface area contributed by atoms with E-state index >= 15 is 0 Å². The number of rotatable bonds is 0. The second kappa shape index (κ2) is 3.20. The highest BCUT2D eigenvalue weighted by Crippen LogP contribution is 2.37. The highest BCUT2D eigenvalue weighted by Gasteiger charge is 2.32. The van der Waals surface area contributed by atoms with Crippen LogP contribution < -0.4 is 0 Å². The van der Waals surface area contributed by atoms with Gasteiger partial charge in [0.05, 0.1) is 0 Å². The lowest BCUT2D eigenvalue weighted by atomic mass is 9.70. The predicted molar refractivity (Wildman–Crippen MR) is 51.0 cm³/mol. The van der Waals surface area contributed by atoms with Crippen LogP contribution in [0, 0.1) is 17.3 Å². The molecule has 2 atom stereocenters. The maximum atomic E-state index is 11.5. The molecular weight excluding hydrogens is 148 g/mol. The summed E-state index contributed by atoms with van der Waals surface area (Å²) in [7, 11) is 0. The van der Waals surface area contributed by atoms with Gasteiger partial charge in [-0.1, -0.05) is 27.7 Å². The minimum Gasteiger partial charge on any atom is -0.299 e. The zero-order valence-corrected chi connectivity index (χ0v) is 8.68. The third-order valence-corrected chi connectivity index (χ3v) is 3.17. The molecule has 0 aliphatic heterocycles. The largest absolute Gasteiger partial charge is 0.299 e. The average molecular weight is 168 g/mol. The lowest BCUT2D eigenvalue weighted by Crippen LogP contribution is -2.30. The Hall–Kier alpha value is -0.330. The Bertz CT molecular complexity index is 176. The molecule has 0 unspecified atom stereocenters. The number of hydrogen-bond acceptors (Lipinski definition) is 1. The van der Waals surface area contributed by atoms with Crippen molar-refractivity contribution in [3.05, 3.63) is 0 Å². The van der Waals surface area contributed by atoms with Crippen LogP contribution in [0.25, 0.3) is 0 Å². The maximum absolute atomic E-state index is 11.5. The van der Waals surface area contributed by atoms with Gasteiger partial charge in [-0.25, -0.2) is 0 Å². The van der Waals surface area contributed by atoms with Crippen LogP contribution in [0.1, 0.15) is 47.0 Å². The molecule has 0 aromatic heterocycles. The number of ketones is 1. The third-order valence-electron chi connectivity index (χ3n) is 3.17. The second-order valence-electron chi connectivity index (χ2n) is 5.21. The van der Waals surface area contributed by atoms with Gasteiger partial charge in [0, 0.05) is 12.3 Å². The van der Waals surface area contributed by atoms with Crippen molar-refractivity contribution in [1.82, 2.24) is 0 Å². The Morgan fingerprint density at radius 2 is 1.83 bits per heavy atom. The number of carbonyl (C=O) groups excluding carboxylic acids is 1. The van der Waals surface area contributed by atoms with Crippen LogP contribution in [-0.2, 0) is 4.79 Å².